The lowest BCUT2D eigenvalue weighted by Crippen LogP contribution is -2.68. The summed E-state index contributed by atoms with van der Waals surface area (Å²) in [6.45, 7) is 12.4. The van der Waals surface area contributed by atoms with Crippen LogP contribution < -0.4 is 10.4 Å². The average molecular weight is 482 g/mol. The highest BCUT2D eigenvalue weighted by atomic mass is 28.4. The normalized spacial score (nSPS) is 25.0. The zero-order valence-electron chi connectivity index (χ0n) is 21.3. The van der Waals surface area contributed by atoms with Crippen LogP contribution in [0, 0.1) is 5.92 Å². The second kappa shape index (κ2) is 9.13. The first-order chi connectivity index (χ1) is 16.0. The first-order valence-electron chi connectivity index (χ1n) is 12.4. The van der Waals surface area contributed by atoms with Gasteiger partial charge < -0.3 is 14.3 Å². The van der Waals surface area contributed by atoms with E-state index in [4.69, 9.17) is 9.16 Å². The van der Waals surface area contributed by atoms with Crippen molar-refractivity contribution in [2.24, 2.45) is 5.92 Å². The number of nitrogens with zero attached hydrogens (tertiary/aromatic N) is 1. The zero-order valence-corrected chi connectivity index (χ0v) is 22.3. The Hall–Kier alpha value is -2.15. The molecular weight excluding hydrogens is 442 g/mol. The third-order valence-electron chi connectivity index (χ3n) is 7.31. The predicted octanol–water partition coefficient (Wildman–Crippen LogP) is 4.32. The Labute approximate surface area is 205 Å². The van der Waals surface area contributed by atoms with Gasteiger partial charge in [0.1, 0.15) is 5.60 Å². The lowest BCUT2D eigenvalue weighted by atomic mass is 9.97. The Morgan fingerprint density at radius 2 is 1.47 bits per heavy atom. The molecule has 0 unspecified atom stereocenters. The number of hydrogen-bond donors (Lipinski definition) is 1. The minimum Gasteiger partial charge on any atom is -0.444 e. The third kappa shape index (κ3) is 4.43. The fraction of sp³-hybridized carbons (Fsp3) is 0.536. The van der Waals surface area contributed by atoms with Crippen molar-refractivity contribution in [2.45, 2.75) is 83.2 Å². The second-order valence-electron chi connectivity index (χ2n) is 11.7. The molecule has 1 aliphatic carbocycles. The van der Waals surface area contributed by atoms with Gasteiger partial charge in [0.2, 0.25) is 0 Å². The van der Waals surface area contributed by atoms with Crippen molar-refractivity contribution in [1.82, 2.24) is 4.90 Å². The van der Waals surface area contributed by atoms with Gasteiger partial charge in [-0.05, 0) is 49.0 Å². The van der Waals surface area contributed by atoms with E-state index in [1.165, 1.54) is 10.4 Å². The smallest absolute Gasteiger partial charge is 0.410 e. The summed E-state index contributed by atoms with van der Waals surface area (Å²) in [6.07, 6.45) is 1.26. The molecule has 1 N–H and O–H groups in total. The molecule has 5 nitrogen and oxygen atoms in total. The fourth-order valence-corrected chi connectivity index (χ4v) is 10.7. The number of benzene rings is 2. The van der Waals surface area contributed by atoms with Crippen molar-refractivity contribution in [1.29, 1.82) is 0 Å². The van der Waals surface area contributed by atoms with E-state index in [0.717, 1.165) is 12.8 Å². The van der Waals surface area contributed by atoms with Crippen molar-refractivity contribution in [2.75, 3.05) is 6.61 Å². The molecule has 4 rings (SSSR count). The molecule has 1 amide bonds. The first-order valence-corrected chi connectivity index (χ1v) is 14.3. The molecule has 6 heteroatoms. The minimum atomic E-state index is -2.70. The molecule has 1 saturated heterocycles. The number of piperidine rings is 1. The molecule has 0 spiro atoms. The highest BCUT2D eigenvalue weighted by molar-refractivity contribution is 6.99. The van der Waals surface area contributed by atoms with Crippen LogP contribution in [0.5, 0.6) is 0 Å². The average Bonchev–Trinajstić information content (AvgIpc) is 3.34. The summed E-state index contributed by atoms with van der Waals surface area (Å²) < 4.78 is 13.1. The lowest BCUT2D eigenvalue weighted by Gasteiger charge is -2.47. The minimum absolute atomic E-state index is 0.0212. The number of aliphatic hydroxyl groups excluding tert-OH is 1. The molecule has 0 aromatic heterocycles. The molecule has 0 radical (unpaired) electrons. The number of likely N-dealkylation sites (tertiary alicyclic amines) is 1. The van der Waals surface area contributed by atoms with Crippen LogP contribution in [-0.2, 0) is 9.16 Å². The van der Waals surface area contributed by atoms with Crippen LogP contribution in [-0.4, -0.2) is 54.8 Å². The van der Waals surface area contributed by atoms with Crippen molar-refractivity contribution >= 4 is 24.8 Å². The monoisotopic (exact) mass is 481 g/mol. The largest absolute Gasteiger partial charge is 0.444 e. The fourth-order valence-electron chi connectivity index (χ4n) is 5.99. The Kier molecular flexibility index (Phi) is 6.70. The Balaban J connectivity index is 1.70. The van der Waals surface area contributed by atoms with E-state index in [9.17, 15) is 9.90 Å². The number of rotatable bonds is 5. The van der Waals surface area contributed by atoms with Gasteiger partial charge in [-0.2, -0.15) is 0 Å². The Morgan fingerprint density at radius 3 is 1.91 bits per heavy atom. The van der Waals surface area contributed by atoms with Crippen LogP contribution >= 0.6 is 0 Å². The van der Waals surface area contributed by atoms with Gasteiger partial charge in [0.05, 0.1) is 18.8 Å². The van der Waals surface area contributed by atoms with Gasteiger partial charge >= 0.3 is 6.09 Å². The molecule has 34 heavy (non-hydrogen) atoms. The van der Waals surface area contributed by atoms with Crippen LogP contribution in [0.15, 0.2) is 60.7 Å². The Bertz CT molecular complexity index is 943. The molecular formula is C28H39NO4Si. The van der Waals surface area contributed by atoms with Gasteiger partial charge in [0.25, 0.3) is 8.32 Å². The molecule has 2 aromatic carbocycles. The van der Waals surface area contributed by atoms with Crippen LogP contribution in [0.25, 0.3) is 0 Å². The molecule has 1 aliphatic heterocycles. The quantitative estimate of drug-likeness (QED) is 0.646. The summed E-state index contributed by atoms with van der Waals surface area (Å²) in [5, 5.41) is 12.7. The van der Waals surface area contributed by atoms with Crippen LogP contribution in [0.3, 0.4) is 0 Å². The number of aliphatic hydroxyl groups is 1. The maximum atomic E-state index is 13.0. The molecule has 2 aliphatic rings. The molecule has 184 valence electrons. The number of carbonyl (C=O) groups is 1. The molecule has 1 saturated carbocycles. The van der Waals surface area contributed by atoms with E-state index in [-0.39, 0.29) is 41.8 Å². The van der Waals surface area contributed by atoms with Crippen LogP contribution in [0.4, 0.5) is 4.79 Å². The van der Waals surface area contributed by atoms with Gasteiger partial charge in [0, 0.05) is 12.0 Å². The zero-order chi connectivity index (χ0) is 24.7. The van der Waals surface area contributed by atoms with Gasteiger partial charge in [-0.3, -0.25) is 4.90 Å². The maximum absolute atomic E-state index is 13.0. The van der Waals surface area contributed by atoms with Gasteiger partial charge in [0.15, 0.2) is 0 Å². The highest BCUT2D eigenvalue weighted by Crippen LogP contribution is 2.48. The first kappa shape index (κ1) is 25.0. The van der Waals surface area contributed by atoms with Crippen molar-refractivity contribution < 1.29 is 19.1 Å². The topological polar surface area (TPSA) is 59.0 Å². The number of amides is 1. The summed E-state index contributed by atoms with van der Waals surface area (Å²) in [7, 11) is -2.70. The number of ether oxygens (including phenoxy) is 1. The maximum Gasteiger partial charge on any atom is 0.410 e. The standard InChI is InChI=1S/C28H39NO4Si/c1-27(2,3)32-26(31)29-20-17-23(24(29)19-30)25(18-20)33-34(28(4,5)6,21-13-9-7-10-14-21)22-15-11-8-12-16-22/h7-16,20,23-25,30H,17-19H2,1-6H3/t20-,23-,24+,25+/m0/s1. The summed E-state index contributed by atoms with van der Waals surface area (Å²) in [4.78, 5) is 14.8. The third-order valence-corrected chi connectivity index (χ3v) is 12.4. The molecule has 2 aromatic rings. The Morgan fingerprint density at radius 1 is 0.941 bits per heavy atom. The van der Waals surface area contributed by atoms with Gasteiger partial charge in [-0.15, -0.1) is 0 Å². The number of fused-ring (bicyclic) bond motifs is 2. The van der Waals surface area contributed by atoms with E-state index in [1.807, 2.05) is 32.9 Å². The lowest BCUT2D eigenvalue weighted by molar-refractivity contribution is -0.0191. The van der Waals surface area contributed by atoms with Gasteiger partial charge in [-0.25, -0.2) is 4.79 Å². The van der Waals surface area contributed by atoms with E-state index >= 15 is 0 Å². The summed E-state index contributed by atoms with van der Waals surface area (Å²) in [5.41, 5.74) is -0.566. The highest BCUT2D eigenvalue weighted by Gasteiger charge is 2.59. The SMILES string of the molecule is CC(C)(C)OC(=O)N1[C@H]2C[C@@H]([C@H]1CO)[C@H](O[Si](c1ccccc1)(c1ccccc1)C(C)(C)C)C2. The molecule has 2 fully saturated rings. The molecule has 4 atom stereocenters. The molecule has 1 heterocycles. The predicted molar refractivity (Wildman–Crippen MR) is 138 cm³/mol. The molecule has 2 bridgehead atoms. The van der Waals surface area contributed by atoms with Gasteiger partial charge in [-0.1, -0.05) is 81.4 Å². The summed E-state index contributed by atoms with van der Waals surface area (Å²) >= 11 is 0. The van der Waals surface area contributed by atoms with E-state index < -0.39 is 13.9 Å². The van der Waals surface area contributed by atoms with Crippen LogP contribution in [0.1, 0.15) is 54.4 Å². The van der Waals surface area contributed by atoms with Crippen molar-refractivity contribution in [3.8, 4) is 0 Å². The summed E-state index contributed by atoms with van der Waals surface area (Å²) in [5.74, 6) is 0.0872. The number of hydrogen-bond acceptors (Lipinski definition) is 4. The van der Waals surface area contributed by atoms with Crippen molar-refractivity contribution in [3.05, 3.63) is 60.7 Å². The second-order valence-corrected chi connectivity index (χ2v) is 16.0. The van der Waals surface area contributed by atoms with E-state index in [1.54, 1.807) is 4.90 Å². The summed E-state index contributed by atoms with van der Waals surface area (Å²) in [6, 6.07) is 21.0. The van der Waals surface area contributed by atoms with Crippen LogP contribution in [0.2, 0.25) is 5.04 Å². The number of carbonyl (C=O) groups excluding carboxylic acids is 1. The van der Waals surface area contributed by atoms with Crippen molar-refractivity contribution in [3.63, 3.8) is 0 Å². The van der Waals surface area contributed by atoms with E-state index in [0.29, 0.717) is 0 Å². The van der Waals surface area contributed by atoms with E-state index in [2.05, 4.69) is 69.3 Å².